The lowest BCUT2D eigenvalue weighted by molar-refractivity contribution is -0.118. The number of aliphatic hydroxyl groups excluding tert-OH is 2. The molecule has 0 bridgehead atoms. The molecule has 2 fully saturated rings. The lowest BCUT2D eigenvalue weighted by Crippen LogP contribution is -2.40. The van der Waals surface area contributed by atoms with Gasteiger partial charge in [-0.05, 0) is 68.3 Å². The molecule has 13 heteroatoms. The number of nitrogens with two attached hydrogens (primary N) is 1. The van der Waals surface area contributed by atoms with Crippen molar-refractivity contribution in [1.29, 1.82) is 0 Å². The number of carbonyl (C=O) groups excluding carboxylic acids is 1. The van der Waals surface area contributed by atoms with Gasteiger partial charge in [0.15, 0.2) is 0 Å². The van der Waals surface area contributed by atoms with Gasteiger partial charge in [0, 0.05) is 23.6 Å². The highest BCUT2D eigenvalue weighted by atomic mass is 35.5. The number of piperidine rings is 1. The summed E-state index contributed by atoms with van der Waals surface area (Å²) < 4.78 is 1.91. The van der Waals surface area contributed by atoms with Crippen LogP contribution in [-0.4, -0.2) is 72.3 Å². The highest BCUT2D eigenvalue weighted by Crippen LogP contribution is 2.46. The maximum atomic E-state index is 11.5. The summed E-state index contributed by atoms with van der Waals surface area (Å²) in [4.78, 5) is 27.3. The number of likely N-dealkylation sites (tertiary alicyclic amines) is 1. The summed E-state index contributed by atoms with van der Waals surface area (Å²) in [6, 6.07) is 9.78. The molecule has 6 rings (SSSR count). The van der Waals surface area contributed by atoms with Crippen molar-refractivity contribution in [2.75, 3.05) is 25.4 Å². The van der Waals surface area contributed by atoms with Gasteiger partial charge in [-0.15, -0.1) is 36.2 Å². The van der Waals surface area contributed by atoms with Gasteiger partial charge in [-0.1, -0.05) is 30.3 Å². The van der Waals surface area contributed by atoms with Gasteiger partial charge in [-0.2, -0.15) is 4.98 Å². The molecule has 1 saturated carbocycles. The average molecular weight is 654 g/mol. The van der Waals surface area contributed by atoms with E-state index in [4.69, 9.17) is 22.3 Å². The third-order valence-electron chi connectivity index (χ3n) is 8.42. The first-order chi connectivity index (χ1) is 19.3. The maximum Gasteiger partial charge on any atom is 0.226 e. The molecule has 3 aromatic heterocycles. The molecule has 0 radical (unpaired) electrons. The number of nitrogens with zero attached hydrogens (tertiary/aromatic N) is 5. The molecule has 4 atom stereocenters. The number of carbonyl (C=O) groups is 1. The van der Waals surface area contributed by atoms with Gasteiger partial charge in [0.25, 0.3) is 0 Å². The van der Waals surface area contributed by atoms with E-state index in [9.17, 15) is 15.0 Å². The Balaban J connectivity index is 0.00000202. The molecule has 0 unspecified atom stereocenters. The standard InChI is InChI=1S/C29H33ClN6O3S.2ClH/c1-16(37)13-35-9-7-18(8-10-35)20-12-22(25(39)24(20)38)36-14-21(23-26(31)33-29(30)34-27(23)36)28-32-19(15-40-28)11-17-5-3-2-4-6-17;;/h2-6,14-15,18,20,22,24-25,38-39H,7-13H2,1H3,(H2,31,33,34);2*1H/t20-,22-,24-,25+;;/m1../s1. The second-order valence-electron chi connectivity index (χ2n) is 11.1. The summed E-state index contributed by atoms with van der Waals surface area (Å²) in [7, 11) is 0. The zero-order valence-electron chi connectivity index (χ0n) is 23.1. The minimum absolute atomic E-state index is 0. The van der Waals surface area contributed by atoms with Crippen molar-refractivity contribution in [3.8, 4) is 10.6 Å². The van der Waals surface area contributed by atoms with Crippen LogP contribution in [0.5, 0.6) is 0 Å². The van der Waals surface area contributed by atoms with E-state index in [2.05, 4.69) is 27.0 Å². The fraction of sp³-hybridized carbons (Fsp3) is 0.448. The van der Waals surface area contributed by atoms with Crippen LogP contribution >= 0.6 is 47.8 Å². The van der Waals surface area contributed by atoms with Crippen LogP contribution in [0.4, 0.5) is 5.82 Å². The van der Waals surface area contributed by atoms with Gasteiger partial charge in [-0.3, -0.25) is 9.69 Å². The molecule has 4 N–H and O–H groups in total. The number of anilines is 1. The molecule has 0 amide bonds. The number of aliphatic hydroxyl groups is 2. The zero-order chi connectivity index (χ0) is 28.0. The number of benzene rings is 1. The number of aromatic nitrogens is 4. The first-order valence-corrected chi connectivity index (χ1v) is 14.9. The van der Waals surface area contributed by atoms with Crippen molar-refractivity contribution < 1.29 is 15.0 Å². The van der Waals surface area contributed by atoms with Gasteiger partial charge < -0.3 is 20.5 Å². The van der Waals surface area contributed by atoms with Crippen LogP contribution in [-0.2, 0) is 11.2 Å². The summed E-state index contributed by atoms with van der Waals surface area (Å²) in [5.41, 5.74) is 9.83. The molecule has 4 heterocycles. The molecule has 9 nitrogen and oxygen atoms in total. The number of ketones is 1. The van der Waals surface area contributed by atoms with E-state index in [0.29, 0.717) is 30.4 Å². The molecular formula is C29H35Cl3N6O3S. The van der Waals surface area contributed by atoms with E-state index in [1.807, 2.05) is 34.3 Å². The number of rotatable bonds is 7. The Bertz CT molecular complexity index is 1530. The Hall–Kier alpha value is -2.31. The highest BCUT2D eigenvalue weighted by molar-refractivity contribution is 7.13. The van der Waals surface area contributed by atoms with Crippen LogP contribution in [0.15, 0.2) is 41.9 Å². The van der Waals surface area contributed by atoms with Crippen LogP contribution in [0, 0.1) is 11.8 Å². The van der Waals surface area contributed by atoms with Gasteiger partial charge >= 0.3 is 0 Å². The molecule has 1 aliphatic heterocycles. The van der Waals surface area contributed by atoms with Crippen LogP contribution in [0.1, 0.15) is 43.5 Å². The van der Waals surface area contributed by atoms with Crippen LogP contribution in [0.2, 0.25) is 5.28 Å². The monoisotopic (exact) mass is 652 g/mol. The fourth-order valence-electron chi connectivity index (χ4n) is 6.52. The third-order valence-corrected chi connectivity index (χ3v) is 9.51. The molecule has 4 aromatic rings. The highest BCUT2D eigenvalue weighted by Gasteiger charge is 2.46. The van der Waals surface area contributed by atoms with E-state index < -0.39 is 18.2 Å². The largest absolute Gasteiger partial charge is 0.390 e. The number of Topliss-reactive ketones (excluding diaryl/α,β-unsaturated/α-hetero) is 1. The lowest BCUT2D eigenvalue weighted by atomic mass is 9.82. The molecule has 1 aliphatic carbocycles. The van der Waals surface area contributed by atoms with Crippen molar-refractivity contribution in [2.45, 2.75) is 50.9 Å². The Labute approximate surface area is 266 Å². The number of halogens is 3. The van der Waals surface area contributed by atoms with Crippen LogP contribution in [0.25, 0.3) is 21.6 Å². The molecule has 42 heavy (non-hydrogen) atoms. The van der Waals surface area contributed by atoms with E-state index in [1.165, 1.54) is 16.9 Å². The second kappa shape index (κ2) is 13.5. The SMILES string of the molecule is CC(=O)CN1CCC([C@H]2C[C@@H](n3cc(-c4nc(Cc5ccccc5)cs4)c4c(N)nc(Cl)nc43)[C@H](O)[C@@H]2O)CC1.Cl.Cl. The van der Waals surface area contributed by atoms with Crippen LogP contribution in [0.3, 0.4) is 0 Å². The first kappa shape index (κ1) is 32.6. The van der Waals surface area contributed by atoms with E-state index in [1.54, 1.807) is 6.92 Å². The van der Waals surface area contributed by atoms with Crippen LogP contribution < -0.4 is 5.73 Å². The predicted octanol–water partition coefficient (Wildman–Crippen LogP) is 4.81. The minimum atomic E-state index is -0.969. The quantitative estimate of drug-likeness (QED) is 0.243. The van der Waals surface area contributed by atoms with Gasteiger partial charge in [0.1, 0.15) is 28.4 Å². The lowest BCUT2D eigenvalue weighted by Gasteiger charge is -2.35. The summed E-state index contributed by atoms with van der Waals surface area (Å²) in [5.74, 6) is 0.623. The number of nitrogen functional groups attached to an aromatic ring is 1. The summed E-state index contributed by atoms with van der Waals surface area (Å²) in [6.45, 7) is 3.72. The van der Waals surface area contributed by atoms with Gasteiger partial charge in [-0.25, -0.2) is 9.97 Å². The average Bonchev–Trinajstić information content (AvgIpc) is 3.61. The normalized spacial score (nSPS) is 23.0. The first-order valence-electron chi connectivity index (χ1n) is 13.7. The Morgan fingerprint density at radius 3 is 2.50 bits per heavy atom. The fourth-order valence-corrected chi connectivity index (χ4v) is 7.53. The smallest absolute Gasteiger partial charge is 0.226 e. The Kier molecular flexibility index (Phi) is 10.5. The van der Waals surface area contributed by atoms with Crippen molar-refractivity contribution >= 4 is 70.4 Å². The van der Waals surface area contributed by atoms with E-state index in [0.717, 1.165) is 42.2 Å². The topological polar surface area (TPSA) is 130 Å². The maximum absolute atomic E-state index is 11.5. The van der Waals surface area contributed by atoms with Crippen molar-refractivity contribution in [2.24, 2.45) is 11.8 Å². The summed E-state index contributed by atoms with van der Waals surface area (Å²) in [5, 5.41) is 26.0. The molecule has 0 spiro atoms. The van der Waals surface area contributed by atoms with Gasteiger partial charge in [0.2, 0.25) is 5.28 Å². The van der Waals surface area contributed by atoms with E-state index in [-0.39, 0.29) is 53.5 Å². The van der Waals surface area contributed by atoms with Crippen molar-refractivity contribution in [3.05, 3.63) is 58.4 Å². The van der Waals surface area contributed by atoms with Crippen molar-refractivity contribution in [3.63, 3.8) is 0 Å². The summed E-state index contributed by atoms with van der Waals surface area (Å²) in [6.07, 6.45) is 3.18. The number of fused-ring (bicyclic) bond motifs is 1. The molecular weight excluding hydrogens is 619 g/mol. The third kappa shape index (κ3) is 6.45. The van der Waals surface area contributed by atoms with Crippen molar-refractivity contribution in [1.82, 2.24) is 24.4 Å². The van der Waals surface area contributed by atoms with Gasteiger partial charge in [0.05, 0.1) is 29.8 Å². The second-order valence-corrected chi connectivity index (χ2v) is 12.3. The molecule has 1 aromatic carbocycles. The Morgan fingerprint density at radius 2 is 1.81 bits per heavy atom. The number of thiazole rings is 1. The summed E-state index contributed by atoms with van der Waals surface area (Å²) >= 11 is 7.77. The zero-order valence-corrected chi connectivity index (χ0v) is 26.3. The minimum Gasteiger partial charge on any atom is -0.390 e. The molecule has 226 valence electrons. The predicted molar refractivity (Wildman–Crippen MR) is 171 cm³/mol. The van der Waals surface area contributed by atoms with E-state index >= 15 is 0 Å². The Morgan fingerprint density at radius 1 is 1.10 bits per heavy atom. The number of hydrogen-bond donors (Lipinski definition) is 3. The number of hydrogen-bond acceptors (Lipinski definition) is 9. The molecule has 2 aliphatic rings. The molecule has 1 saturated heterocycles.